The van der Waals surface area contributed by atoms with E-state index < -0.39 is 10.0 Å². The Bertz CT molecular complexity index is 255. The third-order valence-electron chi connectivity index (χ3n) is 2.42. The molecule has 1 fully saturated rings. The standard InChI is InChI=1S/C8H17NO3S/c1-7(2)13(10,11)9(3)8-4-5-12-6-8/h7-8H,4-6H2,1-3H3. The van der Waals surface area contributed by atoms with Crippen LogP contribution in [-0.2, 0) is 14.8 Å². The molecule has 0 aromatic carbocycles. The van der Waals surface area contributed by atoms with Crippen molar-refractivity contribution in [2.45, 2.75) is 31.6 Å². The van der Waals surface area contributed by atoms with Gasteiger partial charge in [-0.2, -0.15) is 4.31 Å². The van der Waals surface area contributed by atoms with Crippen molar-refractivity contribution in [3.05, 3.63) is 0 Å². The van der Waals surface area contributed by atoms with Gasteiger partial charge in [0, 0.05) is 13.7 Å². The number of ether oxygens (including phenoxy) is 1. The molecule has 1 atom stereocenters. The van der Waals surface area contributed by atoms with Crippen LogP contribution >= 0.6 is 0 Å². The van der Waals surface area contributed by atoms with Crippen LogP contribution in [0.2, 0.25) is 0 Å². The van der Waals surface area contributed by atoms with Crippen LogP contribution in [0, 0.1) is 0 Å². The summed E-state index contributed by atoms with van der Waals surface area (Å²) in [5.41, 5.74) is 0. The quantitative estimate of drug-likeness (QED) is 0.675. The number of likely N-dealkylation sites (N-methyl/N-ethyl adjacent to an activating group) is 1. The molecule has 78 valence electrons. The number of sulfonamides is 1. The van der Waals surface area contributed by atoms with Crippen molar-refractivity contribution in [2.24, 2.45) is 0 Å². The Balaban J connectivity index is 2.71. The van der Waals surface area contributed by atoms with Crippen molar-refractivity contribution in [3.8, 4) is 0 Å². The van der Waals surface area contributed by atoms with Crippen LogP contribution in [0.3, 0.4) is 0 Å². The number of rotatable bonds is 3. The fourth-order valence-electron chi connectivity index (χ4n) is 1.35. The van der Waals surface area contributed by atoms with Crippen LogP contribution < -0.4 is 0 Å². The molecule has 0 amide bonds. The molecule has 1 saturated heterocycles. The first-order chi connectivity index (χ1) is 5.96. The Labute approximate surface area is 79.9 Å². The molecular formula is C8H17NO3S. The largest absolute Gasteiger partial charge is 0.380 e. The lowest BCUT2D eigenvalue weighted by Gasteiger charge is -2.24. The maximum Gasteiger partial charge on any atom is 0.216 e. The second-order valence-corrected chi connectivity index (χ2v) is 6.18. The Kier molecular flexibility index (Phi) is 3.32. The molecule has 0 saturated carbocycles. The third kappa shape index (κ3) is 2.21. The molecule has 1 aliphatic heterocycles. The van der Waals surface area contributed by atoms with Crippen LogP contribution in [-0.4, -0.2) is 44.3 Å². The van der Waals surface area contributed by atoms with Crippen molar-refractivity contribution in [1.82, 2.24) is 4.31 Å². The van der Waals surface area contributed by atoms with Crippen molar-refractivity contribution in [2.75, 3.05) is 20.3 Å². The molecule has 13 heavy (non-hydrogen) atoms. The van der Waals surface area contributed by atoms with E-state index in [0.29, 0.717) is 13.2 Å². The highest BCUT2D eigenvalue weighted by atomic mass is 32.2. The highest BCUT2D eigenvalue weighted by Crippen LogP contribution is 2.16. The molecule has 1 aliphatic rings. The minimum atomic E-state index is -3.11. The van der Waals surface area contributed by atoms with Gasteiger partial charge in [0.05, 0.1) is 17.9 Å². The molecule has 1 rings (SSSR count). The Morgan fingerprint density at radius 3 is 2.46 bits per heavy atom. The first-order valence-electron chi connectivity index (χ1n) is 4.51. The maximum absolute atomic E-state index is 11.7. The predicted octanol–water partition coefficient (Wildman–Crippen LogP) is 0.445. The number of hydrogen-bond acceptors (Lipinski definition) is 3. The monoisotopic (exact) mass is 207 g/mol. The molecule has 0 aromatic heterocycles. The zero-order chi connectivity index (χ0) is 10.1. The molecule has 4 nitrogen and oxygen atoms in total. The molecule has 0 radical (unpaired) electrons. The van der Waals surface area contributed by atoms with Gasteiger partial charge in [0.15, 0.2) is 0 Å². The summed E-state index contributed by atoms with van der Waals surface area (Å²) in [4.78, 5) is 0. The fourth-order valence-corrected chi connectivity index (χ4v) is 2.60. The lowest BCUT2D eigenvalue weighted by Crippen LogP contribution is -2.41. The van der Waals surface area contributed by atoms with Crippen LogP contribution in [0.25, 0.3) is 0 Å². The zero-order valence-corrected chi connectivity index (χ0v) is 9.17. The molecule has 0 spiro atoms. The highest BCUT2D eigenvalue weighted by molar-refractivity contribution is 7.89. The van der Waals surface area contributed by atoms with E-state index in [1.807, 2.05) is 0 Å². The summed E-state index contributed by atoms with van der Waals surface area (Å²) < 4.78 is 30.0. The Hall–Kier alpha value is -0.130. The van der Waals surface area contributed by atoms with Gasteiger partial charge >= 0.3 is 0 Å². The summed E-state index contributed by atoms with van der Waals surface area (Å²) in [6.07, 6.45) is 0.808. The minimum absolute atomic E-state index is 0.0346. The van der Waals surface area contributed by atoms with Crippen molar-refractivity contribution in [1.29, 1.82) is 0 Å². The lowest BCUT2D eigenvalue weighted by molar-refractivity contribution is 0.180. The summed E-state index contributed by atoms with van der Waals surface area (Å²) >= 11 is 0. The van der Waals surface area contributed by atoms with E-state index >= 15 is 0 Å². The normalized spacial score (nSPS) is 24.5. The average molecular weight is 207 g/mol. The van der Waals surface area contributed by atoms with Gasteiger partial charge in [0.2, 0.25) is 10.0 Å². The van der Waals surface area contributed by atoms with Gasteiger partial charge < -0.3 is 4.74 Å². The van der Waals surface area contributed by atoms with Gasteiger partial charge in [-0.15, -0.1) is 0 Å². The first-order valence-corrected chi connectivity index (χ1v) is 6.01. The van der Waals surface area contributed by atoms with Gasteiger partial charge in [-0.1, -0.05) is 0 Å². The molecule has 0 bridgehead atoms. The summed E-state index contributed by atoms with van der Waals surface area (Å²) in [5, 5.41) is -0.349. The van der Waals surface area contributed by atoms with Gasteiger partial charge in [-0.25, -0.2) is 8.42 Å². The van der Waals surface area contributed by atoms with Crippen molar-refractivity contribution < 1.29 is 13.2 Å². The number of nitrogens with zero attached hydrogens (tertiary/aromatic N) is 1. The van der Waals surface area contributed by atoms with Crippen LogP contribution in [0.1, 0.15) is 20.3 Å². The van der Waals surface area contributed by atoms with E-state index in [9.17, 15) is 8.42 Å². The predicted molar refractivity (Wildman–Crippen MR) is 51.0 cm³/mol. The van der Waals surface area contributed by atoms with Gasteiger partial charge in [-0.3, -0.25) is 0 Å². The minimum Gasteiger partial charge on any atom is -0.380 e. The van der Waals surface area contributed by atoms with E-state index in [4.69, 9.17) is 4.74 Å². The smallest absolute Gasteiger partial charge is 0.216 e. The molecule has 1 unspecified atom stereocenters. The fraction of sp³-hybridized carbons (Fsp3) is 1.00. The highest BCUT2D eigenvalue weighted by Gasteiger charge is 2.31. The average Bonchev–Trinajstić information content (AvgIpc) is 2.54. The Morgan fingerprint density at radius 2 is 2.08 bits per heavy atom. The summed E-state index contributed by atoms with van der Waals surface area (Å²) in [7, 11) is -1.47. The molecular weight excluding hydrogens is 190 g/mol. The summed E-state index contributed by atoms with van der Waals surface area (Å²) in [5.74, 6) is 0. The summed E-state index contributed by atoms with van der Waals surface area (Å²) in [6.45, 7) is 4.59. The van der Waals surface area contributed by atoms with E-state index in [1.165, 1.54) is 4.31 Å². The molecule has 1 heterocycles. The second kappa shape index (κ2) is 3.94. The lowest BCUT2D eigenvalue weighted by atomic mass is 10.3. The maximum atomic E-state index is 11.7. The first kappa shape index (κ1) is 10.9. The molecule has 0 N–H and O–H groups in total. The van der Waals surface area contributed by atoms with Crippen LogP contribution in [0.4, 0.5) is 0 Å². The second-order valence-electron chi connectivity index (χ2n) is 3.63. The summed E-state index contributed by atoms with van der Waals surface area (Å²) in [6, 6.07) is 0.0346. The van der Waals surface area contributed by atoms with E-state index in [1.54, 1.807) is 20.9 Å². The van der Waals surface area contributed by atoms with E-state index in [0.717, 1.165) is 6.42 Å². The van der Waals surface area contributed by atoms with E-state index in [2.05, 4.69) is 0 Å². The third-order valence-corrected chi connectivity index (χ3v) is 4.71. The van der Waals surface area contributed by atoms with Crippen molar-refractivity contribution in [3.63, 3.8) is 0 Å². The molecule has 5 heteroatoms. The SMILES string of the molecule is CC(C)S(=O)(=O)N(C)C1CCOC1. The zero-order valence-electron chi connectivity index (χ0n) is 8.36. The topological polar surface area (TPSA) is 46.6 Å². The van der Waals surface area contributed by atoms with E-state index in [-0.39, 0.29) is 11.3 Å². The van der Waals surface area contributed by atoms with Gasteiger partial charge in [-0.05, 0) is 20.3 Å². The van der Waals surface area contributed by atoms with Gasteiger partial charge in [0.25, 0.3) is 0 Å². The van der Waals surface area contributed by atoms with Crippen LogP contribution in [0.15, 0.2) is 0 Å². The molecule has 0 aromatic rings. The Morgan fingerprint density at radius 1 is 1.46 bits per heavy atom. The van der Waals surface area contributed by atoms with Crippen LogP contribution in [0.5, 0.6) is 0 Å². The van der Waals surface area contributed by atoms with Crippen molar-refractivity contribution >= 4 is 10.0 Å². The number of hydrogen-bond donors (Lipinski definition) is 0. The molecule has 0 aliphatic carbocycles. The van der Waals surface area contributed by atoms with Gasteiger partial charge in [0.1, 0.15) is 0 Å².